The van der Waals surface area contributed by atoms with Gasteiger partial charge >= 0.3 is 0 Å². The Kier molecular flexibility index (Phi) is 6.80. The fourth-order valence-corrected chi connectivity index (χ4v) is 3.82. The largest absolute Gasteiger partial charge is 0.497 e. The first-order chi connectivity index (χ1) is 13.2. The number of rotatable bonds is 7. The lowest BCUT2D eigenvalue weighted by molar-refractivity contribution is 0.0666. The third-order valence-electron chi connectivity index (χ3n) is 5.29. The van der Waals surface area contributed by atoms with Crippen molar-refractivity contribution in [1.29, 1.82) is 0 Å². The summed E-state index contributed by atoms with van der Waals surface area (Å²) in [7, 11) is 1.70. The van der Waals surface area contributed by atoms with E-state index in [-0.39, 0.29) is 5.91 Å². The third kappa shape index (κ3) is 5.06. The Morgan fingerprint density at radius 1 is 1.33 bits per heavy atom. The van der Waals surface area contributed by atoms with E-state index in [1.807, 2.05) is 17.0 Å². The van der Waals surface area contributed by atoms with Gasteiger partial charge in [-0.15, -0.1) is 0 Å². The van der Waals surface area contributed by atoms with Crippen LogP contribution in [-0.2, 0) is 12.8 Å². The summed E-state index contributed by atoms with van der Waals surface area (Å²) in [5, 5.41) is 0. The van der Waals surface area contributed by atoms with Crippen LogP contribution in [0.5, 0.6) is 5.75 Å². The number of aryl methyl sites for hydroxylation is 2. The van der Waals surface area contributed by atoms with E-state index in [9.17, 15) is 4.79 Å². The fourth-order valence-electron chi connectivity index (χ4n) is 3.82. The van der Waals surface area contributed by atoms with E-state index in [4.69, 9.17) is 4.74 Å². The number of carbonyl (C=O) groups is 1. The molecule has 27 heavy (non-hydrogen) atoms. The minimum absolute atomic E-state index is 0.0881. The van der Waals surface area contributed by atoms with Gasteiger partial charge in [0, 0.05) is 19.3 Å². The Morgan fingerprint density at radius 3 is 3.04 bits per heavy atom. The molecular formula is C22H29N3O2. The second kappa shape index (κ2) is 9.49. The van der Waals surface area contributed by atoms with Gasteiger partial charge in [0.1, 0.15) is 12.1 Å². The zero-order valence-electron chi connectivity index (χ0n) is 16.4. The standard InChI is InChI=1S/C22H29N3O2/c1-3-6-21-20(14-23-16-24-21)22(26)25-12-5-8-18(15-25)11-10-17-7-4-9-19(13-17)27-2/h4,7,9,13-14,16,18H,3,5-6,8,10-12,15H2,1-2H3/t18-/m0/s1. The number of benzene rings is 1. The van der Waals surface area contributed by atoms with Crippen LogP contribution < -0.4 is 4.74 Å². The highest BCUT2D eigenvalue weighted by molar-refractivity contribution is 5.95. The van der Waals surface area contributed by atoms with Gasteiger partial charge in [-0.25, -0.2) is 9.97 Å². The van der Waals surface area contributed by atoms with Crippen molar-refractivity contribution in [2.45, 2.75) is 45.4 Å². The summed E-state index contributed by atoms with van der Waals surface area (Å²) in [4.78, 5) is 23.4. The molecule has 144 valence electrons. The van der Waals surface area contributed by atoms with Crippen molar-refractivity contribution in [2.24, 2.45) is 5.92 Å². The number of nitrogens with zero attached hydrogens (tertiary/aromatic N) is 3. The number of carbonyl (C=O) groups excluding carboxylic acids is 1. The highest BCUT2D eigenvalue weighted by Gasteiger charge is 2.26. The van der Waals surface area contributed by atoms with Crippen LogP contribution >= 0.6 is 0 Å². The van der Waals surface area contributed by atoms with Crippen molar-refractivity contribution in [3.63, 3.8) is 0 Å². The molecule has 5 nitrogen and oxygen atoms in total. The minimum Gasteiger partial charge on any atom is -0.497 e. The average Bonchev–Trinajstić information content (AvgIpc) is 2.73. The van der Waals surface area contributed by atoms with Crippen molar-refractivity contribution in [3.05, 3.63) is 53.6 Å². The maximum Gasteiger partial charge on any atom is 0.257 e. The van der Waals surface area contributed by atoms with Crippen LogP contribution in [0.2, 0.25) is 0 Å². The van der Waals surface area contributed by atoms with Crippen molar-refractivity contribution in [1.82, 2.24) is 14.9 Å². The van der Waals surface area contributed by atoms with Gasteiger partial charge in [-0.2, -0.15) is 0 Å². The summed E-state index contributed by atoms with van der Waals surface area (Å²) in [5.74, 6) is 1.53. The zero-order chi connectivity index (χ0) is 19.1. The van der Waals surface area contributed by atoms with Crippen LogP contribution in [0.3, 0.4) is 0 Å². The molecule has 2 aromatic rings. The number of ether oxygens (including phenoxy) is 1. The molecule has 0 radical (unpaired) electrons. The number of hydrogen-bond donors (Lipinski definition) is 0. The monoisotopic (exact) mass is 367 g/mol. The van der Waals surface area contributed by atoms with E-state index >= 15 is 0 Å². The summed E-state index contributed by atoms with van der Waals surface area (Å²) in [6.45, 7) is 3.75. The zero-order valence-corrected chi connectivity index (χ0v) is 16.4. The smallest absolute Gasteiger partial charge is 0.257 e. The highest BCUT2D eigenvalue weighted by Crippen LogP contribution is 2.24. The molecule has 1 aromatic carbocycles. The molecule has 0 N–H and O–H groups in total. The van der Waals surface area contributed by atoms with Crippen LogP contribution in [-0.4, -0.2) is 41.0 Å². The topological polar surface area (TPSA) is 55.3 Å². The normalized spacial score (nSPS) is 17.0. The Bertz CT molecular complexity index is 763. The molecule has 0 unspecified atom stereocenters. The second-order valence-electron chi connectivity index (χ2n) is 7.28. The lowest BCUT2D eigenvalue weighted by atomic mass is 9.91. The average molecular weight is 367 g/mol. The molecule has 1 aliphatic heterocycles. The van der Waals surface area contributed by atoms with Crippen molar-refractivity contribution < 1.29 is 9.53 Å². The van der Waals surface area contributed by atoms with E-state index in [0.717, 1.165) is 56.6 Å². The summed E-state index contributed by atoms with van der Waals surface area (Å²) >= 11 is 0. The van der Waals surface area contributed by atoms with Crippen molar-refractivity contribution >= 4 is 5.91 Å². The molecule has 1 saturated heterocycles. The van der Waals surface area contributed by atoms with Gasteiger partial charge < -0.3 is 9.64 Å². The molecule has 1 aromatic heterocycles. The molecular weight excluding hydrogens is 338 g/mol. The summed E-state index contributed by atoms with van der Waals surface area (Å²) in [6, 6.07) is 8.26. The first kappa shape index (κ1) is 19.3. The summed E-state index contributed by atoms with van der Waals surface area (Å²) < 4.78 is 5.31. The van der Waals surface area contributed by atoms with Gasteiger partial charge in [0.25, 0.3) is 5.91 Å². The third-order valence-corrected chi connectivity index (χ3v) is 5.29. The van der Waals surface area contributed by atoms with E-state index < -0.39 is 0 Å². The number of aromatic nitrogens is 2. The van der Waals surface area contributed by atoms with E-state index in [1.54, 1.807) is 13.3 Å². The second-order valence-corrected chi connectivity index (χ2v) is 7.28. The van der Waals surface area contributed by atoms with Gasteiger partial charge in [0.2, 0.25) is 0 Å². The number of likely N-dealkylation sites (tertiary alicyclic amines) is 1. The van der Waals surface area contributed by atoms with Crippen LogP contribution in [0, 0.1) is 5.92 Å². The Labute approximate surface area is 161 Å². The quantitative estimate of drug-likeness (QED) is 0.744. The van der Waals surface area contributed by atoms with Crippen LogP contribution in [0.15, 0.2) is 36.8 Å². The van der Waals surface area contributed by atoms with Gasteiger partial charge in [0.05, 0.1) is 18.4 Å². The molecule has 2 heterocycles. The molecule has 1 amide bonds. The van der Waals surface area contributed by atoms with Crippen molar-refractivity contribution in [2.75, 3.05) is 20.2 Å². The Morgan fingerprint density at radius 2 is 2.22 bits per heavy atom. The predicted molar refractivity (Wildman–Crippen MR) is 106 cm³/mol. The first-order valence-electron chi connectivity index (χ1n) is 9.92. The van der Waals surface area contributed by atoms with E-state index in [2.05, 4.69) is 29.0 Å². The maximum absolute atomic E-state index is 13.0. The summed E-state index contributed by atoms with van der Waals surface area (Å²) in [6.07, 6.45) is 9.35. The molecule has 0 aliphatic carbocycles. The fraction of sp³-hybridized carbons (Fsp3) is 0.500. The summed E-state index contributed by atoms with van der Waals surface area (Å²) in [5.41, 5.74) is 2.84. The van der Waals surface area contributed by atoms with Gasteiger partial charge in [-0.1, -0.05) is 25.5 Å². The lowest BCUT2D eigenvalue weighted by Crippen LogP contribution is -2.40. The number of amides is 1. The molecule has 5 heteroatoms. The molecule has 1 fully saturated rings. The van der Waals surface area contributed by atoms with Crippen LogP contribution in [0.4, 0.5) is 0 Å². The van der Waals surface area contributed by atoms with Crippen LogP contribution in [0.25, 0.3) is 0 Å². The SMILES string of the molecule is CCCc1ncncc1C(=O)N1CCC[C@@H](CCc2cccc(OC)c2)C1. The molecule has 0 saturated carbocycles. The number of methoxy groups -OCH3 is 1. The van der Waals surface area contributed by atoms with Gasteiger partial charge in [0.15, 0.2) is 0 Å². The predicted octanol–water partition coefficient (Wildman–Crippen LogP) is 3.92. The molecule has 0 bridgehead atoms. The Balaban J connectivity index is 1.61. The Hall–Kier alpha value is -2.43. The lowest BCUT2D eigenvalue weighted by Gasteiger charge is -2.33. The van der Waals surface area contributed by atoms with E-state index in [0.29, 0.717) is 11.5 Å². The molecule has 1 atom stereocenters. The van der Waals surface area contributed by atoms with E-state index in [1.165, 1.54) is 18.3 Å². The van der Waals surface area contributed by atoms with Crippen LogP contribution in [0.1, 0.15) is 54.2 Å². The minimum atomic E-state index is 0.0881. The first-order valence-corrected chi connectivity index (χ1v) is 9.92. The number of hydrogen-bond acceptors (Lipinski definition) is 4. The maximum atomic E-state index is 13.0. The van der Waals surface area contributed by atoms with Gasteiger partial charge in [-0.3, -0.25) is 4.79 Å². The molecule has 3 rings (SSSR count). The van der Waals surface area contributed by atoms with Crippen molar-refractivity contribution in [3.8, 4) is 5.75 Å². The molecule has 0 spiro atoms. The van der Waals surface area contributed by atoms with Gasteiger partial charge in [-0.05, 0) is 55.7 Å². The molecule has 1 aliphatic rings. The number of piperidine rings is 1. The highest BCUT2D eigenvalue weighted by atomic mass is 16.5.